The summed E-state index contributed by atoms with van der Waals surface area (Å²) in [5, 5.41) is 5.89. The zero-order chi connectivity index (χ0) is 14.4. The summed E-state index contributed by atoms with van der Waals surface area (Å²) in [6.07, 6.45) is 7.24. The van der Waals surface area contributed by atoms with E-state index in [-0.39, 0.29) is 6.03 Å². The normalized spacial score (nSPS) is 22.2. The van der Waals surface area contributed by atoms with Crippen molar-refractivity contribution in [1.29, 1.82) is 0 Å². The van der Waals surface area contributed by atoms with E-state index in [2.05, 4.69) is 17.6 Å². The molecule has 0 unspecified atom stereocenters. The maximum Gasteiger partial charge on any atom is 0.319 e. The van der Waals surface area contributed by atoms with Gasteiger partial charge in [-0.3, -0.25) is 0 Å². The summed E-state index contributed by atoms with van der Waals surface area (Å²) in [5.41, 5.74) is 7.08. The third-order valence-corrected chi connectivity index (χ3v) is 4.02. The predicted octanol–water partition coefficient (Wildman–Crippen LogP) is 3.75. The van der Waals surface area contributed by atoms with Gasteiger partial charge in [-0.1, -0.05) is 25.8 Å². The minimum atomic E-state index is -0.130. The number of amides is 2. The van der Waals surface area contributed by atoms with Gasteiger partial charge in [-0.15, -0.1) is 0 Å². The van der Waals surface area contributed by atoms with Crippen LogP contribution in [0.3, 0.4) is 0 Å². The molecule has 1 aliphatic rings. The lowest BCUT2D eigenvalue weighted by Crippen LogP contribution is -2.40. The lowest BCUT2D eigenvalue weighted by atomic mass is 9.83. The molecule has 1 aliphatic carbocycles. The van der Waals surface area contributed by atoms with Crippen LogP contribution in [-0.4, -0.2) is 12.1 Å². The lowest BCUT2D eigenvalue weighted by molar-refractivity contribution is 0.236. The summed E-state index contributed by atoms with van der Waals surface area (Å²) in [7, 11) is 0. The van der Waals surface area contributed by atoms with Gasteiger partial charge in [-0.05, 0) is 49.8 Å². The molecule has 2 amide bonds. The Hall–Kier alpha value is -1.71. The molecular formula is C16H25N3O. The Labute approximate surface area is 121 Å². The van der Waals surface area contributed by atoms with E-state index in [1.54, 1.807) is 12.1 Å². The number of nitrogens with two attached hydrogens (primary N) is 1. The van der Waals surface area contributed by atoms with Crippen LogP contribution in [-0.2, 0) is 0 Å². The van der Waals surface area contributed by atoms with Gasteiger partial charge in [-0.2, -0.15) is 0 Å². The molecule has 4 N–H and O–H groups in total. The molecule has 4 nitrogen and oxygen atoms in total. The molecule has 1 saturated carbocycles. The average Bonchev–Trinajstić information content (AvgIpc) is 2.41. The van der Waals surface area contributed by atoms with Crippen LogP contribution in [0.15, 0.2) is 24.3 Å². The zero-order valence-corrected chi connectivity index (χ0v) is 12.2. The molecular weight excluding hydrogens is 250 g/mol. The Morgan fingerprint density at radius 1 is 1.30 bits per heavy atom. The summed E-state index contributed by atoms with van der Waals surface area (Å²) in [5.74, 6) is 0.857. The monoisotopic (exact) mass is 275 g/mol. The van der Waals surface area contributed by atoms with Crippen molar-refractivity contribution < 1.29 is 4.79 Å². The molecule has 0 aliphatic heterocycles. The highest BCUT2D eigenvalue weighted by molar-refractivity contribution is 5.89. The molecule has 1 fully saturated rings. The summed E-state index contributed by atoms with van der Waals surface area (Å²) in [6, 6.07) is 7.42. The molecule has 2 rings (SSSR count). The van der Waals surface area contributed by atoms with Gasteiger partial charge in [0, 0.05) is 17.4 Å². The SMILES string of the molecule is CCCC1CCC(NC(=O)Nc2cccc(N)c2)CC1. The van der Waals surface area contributed by atoms with E-state index in [9.17, 15) is 4.79 Å². The fraction of sp³-hybridized carbons (Fsp3) is 0.562. The smallest absolute Gasteiger partial charge is 0.319 e. The number of nitrogens with one attached hydrogen (secondary N) is 2. The van der Waals surface area contributed by atoms with Crippen molar-refractivity contribution >= 4 is 17.4 Å². The lowest BCUT2D eigenvalue weighted by Gasteiger charge is -2.28. The molecule has 20 heavy (non-hydrogen) atoms. The highest BCUT2D eigenvalue weighted by Gasteiger charge is 2.21. The molecule has 0 atom stereocenters. The molecule has 110 valence electrons. The Bertz CT molecular complexity index is 439. The number of benzene rings is 1. The Morgan fingerprint density at radius 2 is 2.05 bits per heavy atom. The van der Waals surface area contributed by atoms with Crippen molar-refractivity contribution in [3.05, 3.63) is 24.3 Å². The number of hydrogen-bond donors (Lipinski definition) is 3. The maximum absolute atomic E-state index is 11.9. The van der Waals surface area contributed by atoms with Gasteiger partial charge in [0.05, 0.1) is 0 Å². The van der Waals surface area contributed by atoms with Crippen molar-refractivity contribution in [2.75, 3.05) is 11.1 Å². The second-order valence-electron chi connectivity index (χ2n) is 5.73. The second kappa shape index (κ2) is 7.17. The van der Waals surface area contributed by atoms with Gasteiger partial charge >= 0.3 is 6.03 Å². The summed E-state index contributed by atoms with van der Waals surface area (Å²) in [6.45, 7) is 2.24. The van der Waals surface area contributed by atoms with Crippen LogP contribution in [0.5, 0.6) is 0 Å². The number of hydrogen-bond acceptors (Lipinski definition) is 2. The van der Waals surface area contributed by atoms with E-state index >= 15 is 0 Å². The molecule has 0 spiro atoms. The first-order valence-corrected chi connectivity index (χ1v) is 7.60. The topological polar surface area (TPSA) is 67.2 Å². The van der Waals surface area contributed by atoms with E-state index in [1.165, 1.54) is 25.7 Å². The summed E-state index contributed by atoms with van der Waals surface area (Å²) in [4.78, 5) is 11.9. The maximum atomic E-state index is 11.9. The Balaban J connectivity index is 1.75. The van der Waals surface area contributed by atoms with Crippen LogP contribution < -0.4 is 16.4 Å². The third-order valence-electron chi connectivity index (χ3n) is 4.02. The molecule has 0 heterocycles. The zero-order valence-electron chi connectivity index (χ0n) is 12.2. The van der Waals surface area contributed by atoms with Crippen molar-refractivity contribution in [2.24, 2.45) is 5.92 Å². The predicted molar refractivity (Wildman–Crippen MR) is 83.7 cm³/mol. The fourth-order valence-electron chi connectivity index (χ4n) is 2.97. The first kappa shape index (κ1) is 14.7. The molecule has 4 heteroatoms. The number of anilines is 2. The number of urea groups is 1. The molecule has 0 saturated heterocycles. The van der Waals surface area contributed by atoms with Crippen LogP contribution in [0.1, 0.15) is 45.4 Å². The van der Waals surface area contributed by atoms with E-state index in [4.69, 9.17) is 5.73 Å². The summed E-state index contributed by atoms with van der Waals surface area (Å²) < 4.78 is 0. The number of carbonyl (C=O) groups excluding carboxylic acids is 1. The minimum Gasteiger partial charge on any atom is -0.399 e. The molecule has 1 aromatic rings. The molecule has 0 radical (unpaired) electrons. The van der Waals surface area contributed by atoms with Crippen molar-refractivity contribution in [1.82, 2.24) is 5.32 Å². The Kier molecular flexibility index (Phi) is 5.27. The fourth-order valence-corrected chi connectivity index (χ4v) is 2.97. The summed E-state index contributed by atoms with van der Waals surface area (Å²) >= 11 is 0. The molecule has 1 aromatic carbocycles. The average molecular weight is 275 g/mol. The van der Waals surface area contributed by atoms with Crippen molar-refractivity contribution in [3.63, 3.8) is 0 Å². The standard InChI is InChI=1S/C16H25N3O/c1-2-4-12-7-9-14(10-8-12)18-16(20)19-15-6-3-5-13(17)11-15/h3,5-6,11-12,14H,2,4,7-10,17H2,1H3,(H2,18,19,20). The van der Waals surface area contributed by atoms with Crippen LogP contribution in [0, 0.1) is 5.92 Å². The van der Waals surface area contributed by atoms with Gasteiger partial charge in [-0.25, -0.2) is 4.79 Å². The van der Waals surface area contributed by atoms with Crippen molar-refractivity contribution in [3.8, 4) is 0 Å². The van der Waals surface area contributed by atoms with Crippen LogP contribution >= 0.6 is 0 Å². The van der Waals surface area contributed by atoms with Gasteiger partial charge in [0.1, 0.15) is 0 Å². The van der Waals surface area contributed by atoms with E-state index < -0.39 is 0 Å². The van der Waals surface area contributed by atoms with Gasteiger partial charge in [0.2, 0.25) is 0 Å². The second-order valence-corrected chi connectivity index (χ2v) is 5.73. The molecule has 0 aromatic heterocycles. The number of carbonyl (C=O) groups is 1. The molecule has 0 bridgehead atoms. The Morgan fingerprint density at radius 3 is 2.70 bits per heavy atom. The van der Waals surface area contributed by atoms with Gasteiger partial charge < -0.3 is 16.4 Å². The van der Waals surface area contributed by atoms with Crippen molar-refractivity contribution in [2.45, 2.75) is 51.5 Å². The quantitative estimate of drug-likeness (QED) is 0.733. The van der Waals surface area contributed by atoms with Crippen LogP contribution in [0.25, 0.3) is 0 Å². The first-order valence-electron chi connectivity index (χ1n) is 7.60. The highest BCUT2D eigenvalue weighted by Crippen LogP contribution is 2.27. The third kappa shape index (κ3) is 4.44. The van der Waals surface area contributed by atoms with E-state index in [1.807, 2.05) is 12.1 Å². The minimum absolute atomic E-state index is 0.130. The van der Waals surface area contributed by atoms with Gasteiger partial charge in [0.25, 0.3) is 0 Å². The van der Waals surface area contributed by atoms with E-state index in [0.717, 1.165) is 24.4 Å². The van der Waals surface area contributed by atoms with Gasteiger partial charge in [0.15, 0.2) is 0 Å². The van der Waals surface area contributed by atoms with Crippen LogP contribution in [0.4, 0.5) is 16.2 Å². The first-order chi connectivity index (χ1) is 9.67. The number of nitrogen functional groups attached to an aromatic ring is 1. The van der Waals surface area contributed by atoms with E-state index in [0.29, 0.717) is 11.7 Å². The number of rotatable bonds is 4. The van der Waals surface area contributed by atoms with Crippen LogP contribution in [0.2, 0.25) is 0 Å². The highest BCUT2D eigenvalue weighted by atomic mass is 16.2. The largest absolute Gasteiger partial charge is 0.399 e.